The summed E-state index contributed by atoms with van der Waals surface area (Å²) in [5, 5.41) is 1.42. The molecule has 4 rings (SSSR count). The van der Waals surface area contributed by atoms with Crippen molar-refractivity contribution in [1.82, 2.24) is 4.57 Å². The van der Waals surface area contributed by atoms with E-state index in [1.54, 1.807) is 0 Å². The molecule has 0 unspecified atom stereocenters. The van der Waals surface area contributed by atoms with E-state index in [-0.39, 0.29) is 5.54 Å². The molecule has 2 fully saturated rings. The average Bonchev–Trinajstić information content (AvgIpc) is 3.22. The second-order valence-electron chi connectivity index (χ2n) is 5.81. The van der Waals surface area contributed by atoms with Crippen molar-refractivity contribution in [1.29, 1.82) is 0 Å². The molecule has 0 aliphatic heterocycles. The van der Waals surface area contributed by atoms with Crippen LogP contribution in [0.4, 0.5) is 0 Å². The lowest BCUT2D eigenvalue weighted by Crippen LogP contribution is -2.18. The smallest absolute Gasteiger partial charge is 0.0489 e. The van der Waals surface area contributed by atoms with E-state index in [0.29, 0.717) is 0 Å². The van der Waals surface area contributed by atoms with E-state index in [1.165, 1.54) is 34.9 Å². The zero-order valence-electron chi connectivity index (χ0n) is 10.2. The maximum absolute atomic E-state index is 6.42. The van der Waals surface area contributed by atoms with E-state index in [0.717, 1.165) is 18.9 Å². The van der Waals surface area contributed by atoms with Gasteiger partial charge in [0.2, 0.25) is 0 Å². The Bertz CT molecular complexity index is 601. The predicted molar refractivity (Wildman–Crippen MR) is 70.0 cm³/mol. The Hall–Kier alpha value is -1.28. The van der Waals surface area contributed by atoms with E-state index >= 15 is 0 Å². The van der Waals surface area contributed by atoms with Gasteiger partial charge in [-0.15, -0.1) is 0 Å². The number of nitrogens with zero attached hydrogens (tertiary/aromatic N) is 1. The highest BCUT2D eigenvalue weighted by Gasteiger charge is 2.43. The van der Waals surface area contributed by atoms with Crippen molar-refractivity contribution in [2.45, 2.75) is 44.2 Å². The molecule has 1 aromatic carbocycles. The highest BCUT2D eigenvalue weighted by atomic mass is 15.0. The maximum Gasteiger partial charge on any atom is 0.0489 e. The molecule has 2 heteroatoms. The third kappa shape index (κ3) is 1.31. The molecule has 0 amide bonds. The molecule has 1 aromatic heterocycles. The first-order valence-electron chi connectivity index (χ1n) is 6.58. The van der Waals surface area contributed by atoms with E-state index in [2.05, 4.69) is 35.9 Å². The standard InChI is InChI=1S/C15H18N2/c1-10-3-2-4-13-14(10)12(15(16)7-8-15)9-17(13)11-5-6-11/h2-4,9,11H,5-8,16H2,1H3. The Morgan fingerprint density at radius 3 is 2.71 bits per heavy atom. The van der Waals surface area contributed by atoms with Gasteiger partial charge in [-0.25, -0.2) is 0 Å². The molecular formula is C15H18N2. The predicted octanol–water partition coefficient (Wildman–Crippen LogP) is 3.23. The molecule has 2 saturated carbocycles. The van der Waals surface area contributed by atoms with Crippen LogP contribution >= 0.6 is 0 Å². The van der Waals surface area contributed by atoms with Crippen LogP contribution in [0, 0.1) is 6.92 Å². The van der Waals surface area contributed by atoms with Crippen molar-refractivity contribution < 1.29 is 0 Å². The zero-order chi connectivity index (χ0) is 11.6. The van der Waals surface area contributed by atoms with Crippen LogP contribution in [-0.4, -0.2) is 4.57 Å². The van der Waals surface area contributed by atoms with Gasteiger partial charge >= 0.3 is 0 Å². The summed E-state index contributed by atoms with van der Waals surface area (Å²) in [7, 11) is 0. The summed E-state index contributed by atoms with van der Waals surface area (Å²) in [6.07, 6.45) is 7.28. The summed E-state index contributed by atoms with van der Waals surface area (Å²) < 4.78 is 2.46. The summed E-state index contributed by atoms with van der Waals surface area (Å²) in [6.45, 7) is 2.20. The Kier molecular flexibility index (Phi) is 1.68. The van der Waals surface area contributed by atoms with E-state index in [4.69, 9.17) is 5.73 Å². The Morgan fingerprint density at radius 1 is 1.29 bits per heavy atom. The minimum absolute atomic E-state index is 0.0233. The lowest BCUT2D eigenvalue weighted by atomic mass is 10.0. The van der Waals surface area contributed by atoms with Crippen LogP contribution in [0.3, 0.4) is 0 Å². The Morgan fingerprint density at radius 2 is 2.06 bits per heavy atom. The molecule has 0 atom stereocenters. The number of aromatic nitrogens is 1. The van der Waals surface area contributed by atoms with Gasteiger partial charge in [0.1, 0.15) is 0 Å². The first-order valence-corrected chi connectivity index (χ1v) is 6.58. The molecule has 88 valence electrons. The van der Waals surface area contributed by atoms with Crippen molar-refractivity contribution in [3.63, 3.8) is 0 Å². The summed E-state index contributed by atoms with van der Waals surface area (Å²) in [4.78, 5) is 0. The zero-order valence-corrected chi connectivity index (χ0v) is 10.2. The summed E-state index contributed by atoms with van der Waals surface area (Å²) >= 11 is 0. The SMILES string of the molecule is Cc1cccc2c1c(C1(N)CC1)cn2C1CC1. The molecule has 0 spiro atoms. The number of rotatable bonds is 2. The average molecular weight is 226 g/mol. The van der Waals surface area contributed by atoms with Crippen molar-refractivity contribution in [2.75, 3.05) is 0 Å². The largest absolute Gasteiger partial charge is 0.344 e. The van der Waals surface area contributed by atoms with Crippen molar-refractivity contribution in [3.8, 4) is 0 Å². The van der Waals surface area contributed by atoms with Gasteiger partial charge in [0, 0.05) is 28.7 Å². The third-order valence-electron chi connectivity index (χ3n) is 4.33. The van der Waals surface area contributed by atoms with E-state index in [1.807, 2.05) is 0 Å². The second-order valence-corrected chi connectivity index (χ2v) is 5.81. The van der Waals surface area contributed by atoms with E-state index < -0.39 is 0 Å². The van der Waals surface area contributed by atoms with Crippen molar-refractivity contribution in [3.05, 3.63) is 35.5 Å². The molecule has 1 heterocycles. The minimum atomic E-state index is -0.0233. The molecule has 2 aromatic rings. The number of hydrogen-bond acceptors (Lipinski definition) is 1. The van der Waals surface area contributed by atoms with Crippen LogP contribution in [0.1, 0.15) is 42.9 Å². The van der Waals surface area contributed by atoms with Crippen LogP contribution in [-0.2, 0) is 5.54 Å². The summed E-state index contributed by atoms with van der Waals surface area (Å²) in [5.74, 6) is 0. The molecule has 0 radical (unpaired) electrons. The molecule has 2 aliphatic carbocycles. The second kappa shape index (κ2) is 2.94. The number of benzene rings is 1. The van der Waals surface area contributed by atoms with E-state index in [9.17, 15) is 0 Å². The first-order chi connectivity index (χ1) is 8.19. The highest BCUT2D eigenvalue weighted by Crippen LogP contribution is 2.49. The third-order valence-corrected chi connectivity index (χ3v) is 4.33. The molecule has 2 aliphatic rings. The fraction of sp³-hybridized carbons (Fsp3) is 0.467. The van der Waals surface area contributed by atoms with Gasteiger partial charge in [-0.3, -0.25) is 0 Å². The highest BCUT2D eigenvalue weighted by molar-refractivity contribution is 5.88. The summed E-state index contributed by atoms with van der Waals surface area (Å²) in [6, 6.07) is 7.34. The number of fused-ring (bicyclic) bond motifs is 1. The quantitative estimate of drug-likeness (QED) is 0.837. The maximum atomic E-state index is 6.42. The lowest BCUT2D eigenvalue weighted by molar-refractivity contribution is 0.720. The number of nitrogens with two attached hydrogens (primary N) is 1. The molecule has 2 N–H and O–H groups in total. The topological polar surface area (TPSA) is 30.9 Å². The number of hydrogen-bond donors (Lipinski definition) is 1. The van der Waals surface area contributed by atoms with Gasteiger partial charge in [-0.2, -0.15) is 0 Å². The fourth-order valence-corrected chi connectivity index (χ4v) is 2.93. The summed E-state index contributed by atoms with van der Waals surface area (Å²) in [5.41, 5.74) is 10.5. The molecule has 0 bridgehead atoms. The van der Waals surface area contributed by atoms with Crippen molar-refractivity contribution in [2.24, 2.45) is 5.73 Å². The monoisotopic (exact) mass is 226 g/mol. The van der Waals surface area contributed by atoms with Crippen LogP contribution < -0.4 is 5.73 Å². The van der Waals surface area contributed by atoms with Crippen molar-refractivity contribution >= 4 is 10.9 Å². The van der Waals surface area contributed by atoms with Crippen LogP contribution in [0.15, 0.2) is 24.4 Å². The molecule has 17 heavy (non-hydrogen) atoms. The van der Waals surface area contributed by atoms with Gasteiger partial charge in [0.15, 0.2) is 0 Å². The van der Waals surface area contributed by atoms with Crippen LogP contribution in [0.2, 0.25) is 0 Å². The Balaban J connectivity index is 2.05. The van der Waals surface area contributed by atoms with Crippen LogP contribution in [0.25, 0.3) is 10.9 Å². The molecule has 2 nitrogen and oxygen atoms in total. The normalized spacial score (nSPS) is 22.0. The first kappa shape index (κ1) is 9.72. The van der Waals surface area contributed by atoms with Gasteiger partial charge in [-0.1, -0.05) is 12.1 Å². The Labute approximate surface area is 101 Å². The fourth-order valence-electron chi connectivity index (χ4n) is 2.93. The lowest BCUT2D eigenvalue weighted by Gasteiger charge is -2.07. The molecule has 0 saturated heterocycles. The van der Waals surface area contributed by atoms with Gasteiger partial charge in [-0.05, 0) is 49.8 Å². The van der Waals surface area contributed by atoms with Gasteiger partial charge in [0.25, 0.3) is 0 Å². The van der Waals surface area contributed by atoms with Gasteiger partial charge < -0.3 is 10.3 Å². The van der Waals surface area contributed by atoms with Crippen LogP contribution in [0.5, 0.6) is 0 Å². The minimum Gasteiger partial charge on any atom is -0.344 e. The molecular weight excluding hydrogens is 208 g/mol. The number of aryl methyl sites for hydroxylation is 1. The van der Waals surface area contributed by atoms with Gasteiger partial charge in [0.05, 0.1) is 0 Å².